The van der Waals surface area contributed by atoms with Gasteiger partial charge in [0.2, 0.25) is 5.88 Å². The molecule has 2 amide bonds. The SMILES string of the molecule is COc1ccc(CNC(=O)c2cc(NC(=O)c3cc(F)c(F)cc3Cl)n[nH]2)cn1.CS(=O)(=O)O. The number of H-pyrrole nitrogens is 1. The molecular formula is C19H18ClF2N5O6S. The number of nitrogens with zero attached hydrogens (tertiary/aromatic N) is 2. The van der Waals surface area contributed by atoms with Crippen molar-refractivity contribution in [1.82, 2.24) is 20.5 Å². The van der Waals surface area contributed by atoms with Gasteiger partial charge < -0.3 is 15.4 Å². The Morgan fingerprint density at radius 3 is 2.41 bits per heavy atom. The summed E-state index contributed by atoms with van der Waals surface area (Å²) < 4.78 is 57.3. The van der Waals surface area contributed by atoms with Gasteiger partial charge in [0.05, 0.1) is 24.0 Å². The van der Waals surface area contributed by atoms with Gasteiger partial charge in [-0.2, -0.15) is 13.5 Å². The lowest BCUT2D eigenvalue weighted by Gasteiger charge is -2.05. The number of anilines is 1. The molecule has 15 heteroatoms. The van der Waals surface area contributed by atoms with Crippen molar-refractivity contribution in [1.29, 1.82) is 0 Å². The Kier molecular flexibility index (Phi) is 9.00. The number of amides is 2. The zero-order chi connectivity index (χ0) is 25.5. The van der Waals surface area contributed by atoms with Crippen molar-refractivity contribution in [3.63, 3.8) is 0 Å². The molecule has 0 spiro atoms. The van der Waals surface area contributed by atoms with Crippen LogP contribution in [0.15, 0.2) is 36.5 Å². The first-order valence-corrected chi connectivity index (χ1v) is 11.3. The molecule has 4 N–H and O–H groups in total. The van der Waals surface area contributed by atoms with E-state index in [1.807, 2.05) is 0 Å². The fraction of sp³-hybridized carbons (Fsp3) is 0.158. The van der Waals surface area contributed by atoms with Gasteiger partial charge in [0.25, 0.3) is 21.9 Å². The number of hydrogen-bond donors (Lipinski definition) is 4. The lowest BCUT2D eigenvalue weighted by Crippen LogP contribution is -2.23. The van der Waals surface area contributed by atoms with Crippen LogP contribution in [-0.4, -0.2) is 53.3 Å². The maximum atomic E-state index is 13.3. The summed E-state index contributed by atoms with van der Waals surface area (Å²) in [5.41, 5.74) is 0.560. The second-order valence-electron chi connectivity index (χ2n) is 6.49. The topological polar surface area (TPSA) is 163 Å². The van der Waals surface area contributed by atoms with Crippen LogP contribution in [0.1, 0.15) is 26.4 Å². The number of ether oxygens (including phenoxy) is 1. The molecule has 2 heterocycles. The van der Waals surface area contributed by atoms with Crippen molar-refractivity contribution in [2.45, 2.75) is 6.54 Å². The van der Waals surface area contributed by atoms with Gasteiger partial charge in [0, 0.05) is 24.9 Å². The number of carbonyl (C=O) groups excluding carboxylic acids is 2. The van der Waals surface area contributed by atoms with Crippen molar-refractivity contribution < 1.29 is 36.1 Å². The van der Waals surface area contributed by atoms with Crippen molar-refractivity contribution >= 4 is 39.4 Å². The molecule has 2 aromatic heterocycles. The fourth-order valence-electron chi connectivity index (χ4n) is 2.30. The number of methoxy groups -OCH3 is 1. The van der Waals surface area contributed by atoms with Gasteiger partial charge >= 0.3 is 0 Å². The minimum absolute atomic E-state index is 0.00654. The van der Waals surface area contributed by atoms with Gasteiger partial charge in [-0.05, 0) is 17.7 Å². The molecule has 182 valence electrons. The van der Waals surface area contributed by atoms with Gasteiger partial charge in [-0.25, -0.2) is 13.8 Å². The zero-order valence-corrected chi connectivity index (χ0v) is 19.2. The van der Waals surface area contributed by atoms with E-state index in [1.54, 1.807) is 18.3 Å². The number of nitrogens with one attached hydrogen (secondary N) is 3. The number of rotatable bonds is 6. The minimum atomic E-state index is -3.67. The molecule has 0 bridgehead atoms. The van der Waals surface area contributed by atoms with Gasteiger partial charge in [0.15, 0.2) is 17.5 Å². The molecule has 0 saturated heterocycles. The van der Waals surface area contributed by atoms with Crippen molar-refractivity contribution in [2.24, 2.45) is 0 Å². The highest BCUT2D eigenvalue weighted by Crippen LogP contribution is 2.21. The van der Waals surface area contributed by atoms with E-state index in [0.717, 1.165) is 5.56 Å². The summed E-state index contributed by atoms with van der Waals surface area (Å²) in [6.45, 7) is 0.209. The molecule has 0 fully saturated rings. The summed E-state index contributed by atoms with van der Waals surface area (Å²) in [6, 6.07) is 6.07. The van der Waals surface area contributed by atoms with Crippen LogP contribution < -0.4 is 15.4 Å². The third-order valence-corrected chi connectivity index (χ3v) is 4.09. The highest BCUT2D eigenvalue weighted by Gasteiger charge is 2.17. The van der Waals surface area contributed by atoms with Crippen LogP contribution >= 0.6 is 11.6 Å². The summed E-state index contributed by atoms with van der Waals surface area (Å²) in [6.07, 6.45) is 2.27. The first-order valence-electron chi connectivity index (χ1n) is 9.08. The van der Waals surface area contributed by atoms with Crippen LogP contribution in [0.25, 0.3) is 0 Å². The Morgan fingerprint density at radius 1 is 1.18 bits per heavy atom. The molecule has 11 nitrogen and oxygen atoms in total. The number of carbonyl (C=O) groups is 2. The maximum absolute atomic E-state index is 13.3. The van der Waals surface area contributed by atoms with Crippen LogP contribution in [0, 0.1) is 11.6 Å². The van der Waals surface area contributed by atoms with E-state index in [1.165, 1.54) is 13.2 Å². The lowest BCUT2D eigenvalue weighted by atomic mass is 10.2. The molecule has 0 aliphatic rings. The standard InChI is InChI=1S/C18H14ClF2N5O3.CH4O3S/c1-29-16-3-2-9(7-22-16)8-23-18(28)14-6-15(26-25-14)24-17(27)10-4-12(20)13(21)5-11(10)19;1-5(2,3)4/h2-7H,8H2,1H3,(H,23,28)(H2,24,25,26,27);1H3,(H,2,3,4). The molecule has 0 atom stereocenters. The number of halogens is 3. The monoisotopic (exact) mass is 517 g/mol. The van der Waals surface area contributed by atoms with Gasteiger partial charge in [-0.1, -0.05) is 17.7 Å². The van der Waals surface area contributed by atoms with E-state index in [4.69, 9.17) is 20.9 Å². The largest absolute Gasteiger partial charge is 0.481 e. The summed E-state index contributed by atoms with van der Waals surface area (Å²) in [5.74, 6) is -3.20. The quantitative estimate of drug-likeness (QED) is 0.286. The molecule has 0 saturated carbocycles. The third kappa shape index (κ3) is 8.38. The van der Waals surface area contributed by atoms with Crippen LogP contribution in [0.5, 0.6) is 5.88 Å². The molecule has 0 radical (unpaired) electrons. The molecule has 3 aromatic rings. The van der Waals surface area contributed by atoms with Gasteiger partial charge in [-0.15, -0.1) is 0 Å². The Labute approximate surface area is 197 Å². The molecule has 1 aromatic carbocycles. The fourth-order valence-corrected chi connectivity index (χ4v) is 2.53. The Hall–Kier alpha value is -3.62. The number of aromatic amines is 1. The molecule has 0 unspecified atom stereocenters. The smallest absolute Gasteiger partial charge is 0.269 e. The van der Waals surface area contributed by atoms with E-state index < -0.39 is 33.6 Å². The van der Waals surface area contributed by atoms with E-state index in [2.05, 4.69) is 25.8 Å². The van der Waals surface area contributed by atoms with Crippen molar-refractivity contribution in [2.75, 3.05) is 18.7 Å². The molecular weight excluding hydrogens is 500 g/mol. The predicted molar refractivity (Wildman–Crippen MR) is 117 cm³/mol. The molecule has 0 aliphatic carbocycles. The van der Waals surface area contributed by atoms with Crippen LogP contribution in [0.4, 0.5) is 14.6 Å². The molecule has 3 rings (SSSR count). The van der Waals surface area contributed by atoms with Gasteiger partial charge in [-0.3, -0.25) is 19.2 Å². The van der Waals surface area contributed by atoms with Crippen LogP contribution in [-0.2, 0) is 16.7 Å². The Morgan fingerprint density at radius 2 is 1.82 bits per heavy atom. The molecule has 0 aliphatic heterocycles. The summed E-state index contributed by atoms with van der Waals surface area (Å²) in [4.78, 5) is 28.4. The summed E-state index contributed by atoms with van der Waals surface area (Å²) in [7, 11) is -2.17. The average molecular weight is 518 g/mol. The average Bonchev–Trinajstić information content (AvgIpc) is 3.22. The number of aromatic nitrogens is 3. The van der Waals surface area contributed by atoms with Crippen LogP contribution in [0.3, 0.4) is 0 Å². The normalized spacial score (nSPS) is 10.6. The lowest BCUT2D eigenvalue weighted by molar-refractivity contribution is 0.0945. The van der Waals surface area contributed by atoms with E-state index in [-0.39, 0.29) is 28.6 Å². The summed E-state index contributed by atoms with van der Waals surface area (Å²) >= 11 is 5.76. The number of pyridine rings is 1. The van der Waals surface area contributed by atoms with E-state index in [0.29, 0.717) is 24.3 Å². The Bertz CT molecular complexity index is 1280. The third-order valence-electron chi connectivity index (χ3n) is 3.78. The number of hydrogen-bond acceptors (Lipinski definition) is 7. The highest BCUT2D eigenvalue weighted by molar-refractivity contribution is 7.85. The predicted octanol–water partition coefficient (Wildman–Crippen LogP) is 2.43. The van der Waals surface area contributed by atoms with E-state index in [9.17, 15) is 26.8 Å². The minimum Gasteiger partial charge on any atom is -0.481 e. The van der Waals surface area contributed by atoms with Crippen molar-refractivity contribution in [3.8, 4) is 5.88 Å². The Balaban J connectivity index is 0.000000739. The van der Waals surface area contributed by atoms with E-state index >= 15 is 0 Å². The maximum Gasteiger partial charge on any atom is 0.269 e. The van der Waals surface area contributed by atoms with Crippen LogP contribution in [0.2, 0.25) is 5.02 Å². The summed E-state index contributed by atoms with van der Waals surface area (Å²) in [5, 5.41) is 11.0. The number of benzene rings is 1. The first kappa shape index (κ1) is 26.6. The van der Waals surface area contributed by atoms with Gasteiger partial charge in [0.1, 0.15) is 5.69 Å². The molecule has 34 heavy (non-hydrogen) atoms. The highest BCUT2D eigenvalue weighted by atomic mass is 35.5. The second-order valence-corrected chi connectivity index (χ2v) is 8.36. The van der Waals surface area contributed by atoms with Crippen molar-refractivity contribution in [3.05, 3.63) is 70.0 Å². The zero-order valence-electron chi connectivity index (χ0n) is 17.6. The first-order chi connectivity index (χ1) is 15.9. The second kappa shape index (κ2) is 11.5.